The highest BCUT2D eigenvalue weighted by atomic mass is 32.1. The Morgan fingerprint density at radius 2 is 1.97 bits per heavy atom. The van der Waals surface area contributed by atoms with E-state index in [2.05, 4.69) is 4.98 Å². The second-order valence-electron chi connectivity index (χ2n) is 7.54. The molecule has 6 nitrogen and oxygen atoms in total. The van der Waals surface area contributed by atoms with Crippen LogP contribution in [-0.2, 0) is 17.7 Å². The summed E-state index contributed by atoms with van der Waals surface area (Å²) in [5.41, 5.74) is 3.08. The summed E-state index contributed by atoms with van der Waals surface area (Å²) in [6, 6.07) is 5.43. The molecule has 3 aromatic rings. The summed E-state index contributed by atoms with van der Waals surface area (Å²) < 4.78 is 7.14. The minimum absolute atomic E-state index is 0.102. The SMILES string of the molecule is Cc1ccc(C(=O)[C@@H](C)OC(=O)c2sc3nc4n(c(=O)c3c2C)CCC4)cc1C. The molecule has 29 heavy (non-hydrogen) atoms. The van der Waals surface area contributed by atoms with Crippen LogP contribution < -0.4 is 5.56 Å². The number of hydrogen-bond donors (Lipinski definition) is 0. The fourth-order valence-corrected chi connectivity index (χ4v) is 4.74. The zero-order valence-corrected chi connectivity index (χ0v) is 17.7. The number of Topliss-reactive ketones (excluding diaryl/α,β-unsaturated/α-hetero) is 1. The van der Waals surface area contributed by atoms with Gasteiger partial charge in [-0.2, -0.15) is 0 Å². The average molecular weight is 410 g/mol. The number of benzene rings is 1. The maximum absolute atomic E-state index is 12.8. The van der Waals surface area contributed by atoms with Crippen LogP contribution in [0.3, 0.4) is 0 Å². The summed E-state index contributed by atoms with van der Waals surface area (Å²) in [5, 5.41) is 0.473. The molecular formula is C22H22N2O4S. The molecule has 1 atom stereocenters. The molecule has 3 heterocycles. The zero-order chi connectivity index (χ0) is 20.9. The van der Waals surface area contributed by atoms with Crippen LogP contribution in [0.4, 0.5) is 0 Å². The largest absolute Gasteiger partial charge is 0.450 e. The van der Waals surface area contributed by atoms with Crippen LogP contribution >= 0.6 is 11.3 Å². The van der Waals surface area contributed by atoms with Crippen LogP contribution in [0, 0.1) is 20.8 Å². The first kappa shape index (κ1) is 19.5. The first-order valence-electron chi connectivity index (χ1n) is 9.63. The van der Waals surface area contributed by atoms with Gasteiger partial charge in [0.2, 0.25) is 5.78 Å². The lowest BCUT2D eigenvalue weighted by Crippen LogP contribution is -2.24. The standard InChI is InChI=1S/C22H22N2O4S/c1-11-7-8-15(10-12(11)2)18(25)14(4)28-22(27)19-13(3)17-20(29-19)23-16-6-5-9-24(16)21(17)26/h7-8,10,14H,5-6,9H2,1-4H3/t14-/m1/s1. The monoisotopic (exact) mass is 410 g/mol. The Kier molecular flexibility index (Phi) is 4.86. The number of fused-ring (bicyclic) bond motifs is 2. The minimum Gasteiger partial charge on any atom is -0.450 e. The predicted molar refractivity (Wildman–Crippen MR) is 112 cm³/mol. The number of rotatable bonds is 4. The molecule has 0 N–H and O–H groups in total. The number of thiophene rings is 1. The second kappa shape index (κ2) is 7.22. The number of ketones is 1. The van der Waals surface area contributed by atoms with E-state index in [-0.39, 0.29) is 11.3 Å². The summed E-state index contributed by atoms with van der Waals surface area (Å²) in [5.74, 6) is -0.0842. The van der Waals surface area contributed by atoms with Crippen molar-refractivity contribution in [3.8, 4) is 0 Å². The lowest BCUT2D eigenvalue weighted by atomic mass is 10.0. The zero-order valence-electron chi connectivity index (χ0n) is 16.9. The molecule has 2 aromatic heterocycles. The van der Waals surface area contributed by atoms with Crippen molar-refractivity contribution in [2.24, 2.45) is 0 Å². The molecule has 1 aliphatic heterocycles. The highest BCUT2D eigenvalue weighted by Crippen LogP contribution is 2.29. The number of ether oxygens (including phenoxy) is 1. The molecule has 0 saturated heterocycles. The van der Waals surface area contributed by atoms with Gasteiger partial charge >= 0.3 is 5.97 Å². The molecule has 0 bridgehead atoms. The Morgan fingerprint density at radius 3 is 2.69 bits per heavy atom. The third kappa shape index (κ3) is 3.29. The Balaban J connectivity index is 1.61. The molecule has 4 rings (SSSR count). The van der Waals surface area contributed by atoms with E-state index in [1.807, 2.05) is 19.9 Å². The van der Waals surface area contributed by atoms with E-state index in [1.54, 1.807) is 30.5 Å². The lowest BCUT2D eigenvalue weighted by molar-refractivity contribution is 0.0323. The fourth-order valence-electron chi connectivity index (χ4n) is 3.67. The number of esters is 1. The number of aromatic nitrogens is 2. The van der Waals surface area contributed by atoms with Gasteiger partial charge in [0.25, 0.3) is 5.56 Å². The molecule has 7 heteroatoms. The van der Waals surface area contributed by atoms with Crippen LogP contribution in [0.1, 0.15) is 55.9 Å². The Bertz CT molecular complexity index is 1220. The third-order valence-corrected chi connectivity index (χ3v) is 6.71. The van der Waals surface area contributed by atoms with Crippen molar-refractivity contribution in [2.45, 2.75) is 53.2 Å². The fraction of sp³-hybridized carbons (Fsp3) is 0.364. The summed E-state index contributed by atoms with van der Waals surface area (Å²) in [6.45, 7) is 7.87. The smallest absolute Gasteiger partial charge is 0.349 e. The van der Waals surface area contributed by atoms with Gasteiger partial charge in [-0.15, -0.1) is 11.3 Å². The van der Waals surface area contributed by atoms with E-state index in [0.717, 1.165) is 41.1 Å². The average Bonchev–Trinajstić information content (AvgIpc) is 3.28. The number of aryl methyl sites for hydroxylation is 4. The molecule has 0 radical (unpaired) electrons. The second-order valence-corrected chi connectivity index (χ2v) is 8.53. The highest BCUT2D eigenvalue weighted by molar-refractivity contribution is 7.20. The van der Waals surface area contributed by atoms with E-state index < -0.39 is 12.1 Å². The van der Waals surface area contributed by atoms with Crippen molar-refractivity contribution in [3.63, 3.8) is 0 Å². The van der Waals surface area contributed by atoms with Gasteiger partial charge in [-0.1, -0.05) is 12.1 Å². The molecule has 150 valence electrons. The molecule has 0 aliphatic carbocycles. The Labute approximate surface area is 172 Å². The van der Waals surface area contributed by atoms with Gasteiger partial charge in [0.05, 0.1) is 5.39 Å². The first-order chi connectivity index (χ1) is 13.8. The molecule has 1 aromatic carbocycles. The predicted octanol–water partition coefficient (Wildman–Crippen LogP) is 3.76. The summed E-state index contributed by atoms with van der Waals surface area (Å²) >= 11 is 1.16. The van der Waals surface area contributed by atoms with Crippen LogP contribution in [0.2, 0.25) is 0 Å². The van der Waals surface area contributed by atoms with Gasteiger partial charge in [-0.05, 0) is 56.9 Å². The molecular weight excluding hydrogens is 388 g/mol. The molecule has 1 aliphatic rings. The number of hydrogen-bond acceptors (Lipinski definition) is 6. The maximum Gasteiger partial charge on any atom is 0.349 e. The van der Waals surface area contributed by atoms with E-state index in [9.17, 15) is 14.4 Å². The Hall–Kier alpha value is -2.80. The molecule has 0 unspecified atom stereocenters. The number of carbonyl (C=O) groups is 2. The molecule has 0 saturated carbocycles. The van der Waals surface area contributed by atoms with Gasteiger partial charge in [0.1, 0.15) is 15.5 Å². The van der Waals surface area contributed by atoms with E-state index in [0.29, 0.717) is 32.8 Å². The topological polar surface area (TPSA) is 78.3 Å². The maximum atomic E-state index is 12.8. The van der Waals surface area contributed by atoms with Crippen LogP contribution in [0.5, 0.6) is 0 Å². The van der Waals surface area contributed by atoms with Crippen molar-refractivity contribution < 1.29 is 14.3 Å². The van der Waals surface area contributed by atoms with Crippen molar-refractivity contribution in [3.05, 3.63) is 61.5 Å². The summed E-state index contributed by atoms with van der Waals surface area (Å²) in [4.78, 5) is 43.7. The van der Waals surface area contributed by atoms with E-state index in [4.69, 9.17) is 4.74 Å². The van der Waals surface area contributed by atoms with Crippen LogP contribution in [0.15, 0.2) is 23.0 Å². The van der Waals surface area contributed by atoms with Gasteiger partial charge in [0.15, 0.2) is 6.10 Å². The van der Waals surface area contributed by atoms with Crippen molar-refractivity contribution >= 4 is 33.3 Å². The number of carbonyl (C=O) groups excluding carboxylic acids is 2. The van der Waals surface area contributed by atoms with Crippen molar-refractivity contribution in [2.75, 3.05) is 0 Å². The molecule has 0 spiro atoms. The van der Waals surface area contributed by atoms with Crippen molar-refractivity contribution in [1.29, 1.82) is 0 Å². The molecule has 0 fully saturated rings. The van der Waals surface area contributed by atoms with Crippen LogP contribution in [-0.4, -0.2) is 27.4 Å². The van der Waals surface area contributed by atoms with Gasteiger partial charge in [-0.3, -0.25) is 14.2 Å². The quantitative estimate of drug-likeness (QED) is 0.483. The Morgan fingerprint density at radius 1 is 1.21 bits per heavy atom. The van der Waals surface area contributed by atoms with E-state index >= 15 is 0 Å². The number of nitrogens with zero attached hydrogens (tertiary/aromatic N) is 2. The minimum atomic E-state index is -0.923. The molecule has 0 amide bonds. The van der Waals surface area contributed by atoms with E-state index in [1.165, 1.54) is 0 Å². The third-order valence-electron chi connectivity index (χ3n) is 5.54. The first-order valence-corrected chi connectivity index (χ1v) is 10.4. The normalized spacial score (nSPS) is 14.1. The highest BCUT2D eigenvalue weighted by Gasteiger charge is 2.26. The summed E-state index contributed by atoms with van der Waals surface area (Å²) in [6.07, 6.45) is 0.753. The van der Waals surface area contributed by atoms with Gasteiger partial charge in [-0.25, -0.2) is 9.78 Å². The lowest BCUT2D eigenvalue weighted by Gasteiger charge is -2.13. The summed E-state index contributed by atoms with van der Waals surface area (Å²) in [7, 11) is 0. The van der Waals surface area contributed by atoms with Crippen molar-refractivity contribution in [1.82, 2.24) is 9.55 Å². The van der Waals surface area contributed by atoms with Gasteiger partial charge in [0, 0.05) is 18.5 Å². The van der Waals surface area contributed by atoms with Crippen LogP contribution in [0.25, 0.3) is 10.2 Å². The van der Waals surface area contributed by atoms with Gasteiger partial charge < -0.3 is 4.74 Å².